The summed E-state index contributed by atoms with van der Waals surface area (Å²) in [6.07, 6.45) is -3.40. The number of rotatable bonds is 8. The molecule has 4 aliphatic rings. The van der Waals surface area contributed by atoms with Gasteiger partial charge >= 0.3 is 17.9 Å². The summed E-state index contributed by atoms with van der Waals surface area (Å²) in [4.78, 5) is 36.8. The molecule has 0 N–H and O–H groups in total. The van der Waals surface area contributed by atoms with Crippen LogP contribution in [0.5, 0.6) is 0 Å². The molecule has 13 heteroatoms. The van der Waals surface area contributed by atoms with Crippen molar-refractivity contribution < 1.29 is 55.2 Å². The van der Waals surface area contributed by atoms with Gasteiger partial charge in [-0.3, -0.25) is 18.6 Å². The molecule has 2 aliphatic heterocycles. The maximum Gasteiger partial charge on any atom is 0.306 e. The number of fused-ring (bicyclic) bond motifs is 2. The molecule has 37 heavy (non-hydrogen) atoms. The fourth-order valence-corrected chi connectivity index (χ4v) is 6.94. The van der Waals surface area contributed by atoms with Gasteiger partial charge in [0.15, 0.2) is 0 Å². The summed E-state index contributed by atoms with van der Waals surface area (Å²) in [5, 5.41) is 0. The molecule has 4 rings (SSSR count). The van der Waals surface area contributed by atoms with Crippen LogP contribution in [-0.4, -0.2) is 80.2 Å². The van der Waals surface area contributed by atoms with Crippen LogP contribution >= 0.6 is 0 Å². The quantitative estimate of drug-likeness (QED) is 0.107. The van der Waals surface area contributed by atoms with Gasteiger partial charge in [0.1, 0.15) is 36.6 Å². The third-order valence-electron chi connectivity index (χ3n) is 8.21. The zero-order valence-corrected chi connectivity index (χ0v) is 22.5. The Hall–Kier alpha value is -2.06. The molecule has 2 saturated heterocycles. The van der Waals surface area contributed by atoms with Crippen molar-refractivity contribution in [2.75, 3.05) is 13.2 Å². The van der Waals surface area contributed by atoms with Gasteiger partial charge in [0.05, 0.1) is 23.5 Å². The van der Waals surface area contributed by atoms with E-state index in [9.17, 15) is 27.4 Å². The molecule has 0 aromatic carbocycles. The van der Waals surface area contributed by atoms with E-state index in [1.807, 2.05) is 13.8 Å². The Morgan fingerprint density at radius 1 is 1.19 bits per heavy atom. The van der Waals surface area contributed by atoms with E-state index >= 15 is 0 Å². The SMILES string of the molecule is CC(=O)OC[C@]12C[C@H](OC(=O)CC(C)C)C(C)=C[C@H]1O[C@@H]1[C@H](OS(=O)(=O)[O-])[C@@H](OC(C)=O)[C@@]2(C)[C@]12CO2. The minimum atomic E-state index is -5.24. The first kappa shape index (κ1) is 28.0. The van der Waals surface area contributed by atoms with E-state index in [0.717, 1.165) is 6.92 Å². The topological polar surface area (TPSA) is 167 Å². The van der Waals surface area contributed by atoms with Crippen molar-refractivity contribution in [3.8, 4) is 0 Å². The Balaban J connectivity index is 1.85. The van der Waals surface area contributed by atoms with Crippen molar-refractivity contribution in [1.29, 1.82) is 0 Å². The summed E-state index contributed by atoms with van der Waals surface area (Å²) in [6, 6.07) is 0. The average molecular weight is 546 g/mol. The zero-order chi connectivity index (χ0) is 27.6. The van der Waals surface area contributed by atoms with E-state index in [0.29, 0.717) is 5.57 Å². The summed E-state index contributed by atoms with van der Waals surface area (Å²) in [5.74, 6) is -1.67. The molecular weight excluding hydrogens is 512 g/mol. The normalized spacial score (nSPS) is 40.1. The summed E-state index contributed by atoms with van der Waals surface area (Å²) in [6.45, 7) is 9.52. The summed E-state index contributed by atoms with van der Waals surface area (Å²) in [7, 11) is -5.24. The summed E-state index contributed by atoms with van der Waals surface area (Å²) < 4.78 is 69.3. The van der Waals surface area contributed by atoms with Crippen molar-refractivity contribution in [1.82, 2.24) is 0 Å². The average Bonchev–Trinajstić information content (AvgIpc) is 3.52. The van der Waals surface area contributed by atoms with E-state index in [-0.39, 0.29) is 32.0 Å². The van der Waals surface area contributed by atoms with Crippen LogP contribution in [0.4, 0.5) is 0 Å². The Kier molecular flexibility index (Phi) is 7.03. The smallest absolute Gasteiger partial charge is 0.306 e. The van der Waals surface area contributed by atoms with Crippen molar-refractivity contribution in [2.24, 2.45) is 16.7 Å². The molecule has 8 atom stereocenters. The number of hydrogen-bond donors (Lipinski definition) is 0. The van der Waals surface area contributed by atoms with Crippen LogP contribution in [0.1, 0.15) is 54.4 Å². The highest BCUT2D eigenvalue weighted by molar-refractivity contribution is 7.80. The van der Waals surface area contributed by atoms with Crippen molar-refractivity contribution >= 4 is 28.3 Å². The molecule has 0 amide bonds. The lowest BCUT2D eigenvalue weighted by Gasteiger charge is -2.58. The number of hydrogen-bond acceptors (Lipinski definition) is 12. The standard InChI is InChI=1S/C24H34O12S/c1-12(2)7-18(27)34-16-9-23(10-31-14(4)25)17(8-13(16)3)35-21-19(36-37(28,29)30)20(33-15(5)26)22(23,6)24(21)11-32-24/h8,12,16-17,19-21H,7,9-11H2,1-6H3,(H,28,29,30)/p-1/t16-,17+,19+,20+,21+,22+,23+,24-/m0/s1. The van der Waals surface area contributed by atoms with Crippen LogP contribution in [0, 0.1) is 16.7 Å². The summed E-state index contributed by atoms with van der Waals surface area (Å²) in [5.41, 5.74) is -3.00. The predicted molar refractivity (Wildman–Crippen MR) is 122 cm³/mol. The molecule has 0 aromatic heterocycles. The summed E-state index contributed by atoms with van der Waals surface area (Å²) >= 11 is 0. The first-order chi connectivity index (χ1) is 17.1. The van der Waals surface area contributed by atoms with Crippen molar-refractivity contribution in [3.05, 3.63) is 11.6 Å². The maximum absolute atomic E-state index is 12.6. The van der Waals surface area contributed by atoms with Crippen molar-refractivity contribution in [3.63, 3.8) is 0 Å². The third kappa shape index (κ3) is 4.58. The number of epoxide rings is 1. The monoisotopic (exact) mass is 545 g/mol. The van der Waals surface area contributed by atoms with Crippen LogP contribution in [-0.2, 0) is 52.7 Å². The first-order valence-electron chi connectivity index (χ1n) is 12.2. The van der Waals surface area contributed by atoms with Gasteiger partial charge in [-0.25, -0.2) is 8.42 Å². The minimum Gasteiger partial charge on any atom is -0.726 e. The van der Waals surface area contributed by atoms with Gasteiger partial charge in [-0.15, -0.1) is 0 Å². The van der Waals surface area contributed by atoms with E-state index in [4.69, 9.17) is 27.9 Å². The molecule has 12 nitrogen and oxygen atoms in total. The van der Waals surface area contributed by atoms with Crippen molar-refractivity contribution in [2.45, 2.75) is 90.5 Å². The second-order valence-corrected chi connectivity index (χ2v) is 12.0. The molecule has 208 valence electrons. The Morgan fingerprint density at radius 2 is 1.84 bits per heavy atom. The Bertz CT molecular complexity index is 1110. The third-order valence-corrected chi connectivity index (χ3v) is 8.67. The number of carbonyl (C=O) groups is 3. The zero-order valence-electron chi connectivity index (χ0n) is 21.7. The largest absolute Gasteiger partial charge is 0.726 e. The fourth-order valence-electron chi connectivity index (χ4n) is 6.47. The Labute approximate surface area is 215 Å². The molecule has 0 aromatic rings. The van der Waals surface area contributed by atoms with Gasteiger partial charge in [-0.05, 0) is 18.4 Å². The maximum atomic E-state index is 12.6. The lowest BCUT2D eigenvalue weighted by atomic mass is 9.51. The van der Waals surface area contributed by atoms with Crippen LogP contribution in [0.3, 0.4) is 0 Å². The van der Waals surface area contributed by atoms with Gasteiger partial charge in [0, 0.05) is 26.7 Å². The Morgan fingerprint density at radius 3 is 2.35 bits per heavy atom. The first-order valence-corrected chi connectivity index (χ1v) is 13.5. The lowest BCUT2D eigenvalue weighted by Crippen LogP contribution is -2.68. The second kappa shape index (κ2) is 9.30. The number of esters is 3. The van der Waals surface area contributed by atoms with Crippen LogP contribution < -0.4 is 0 Å². The van der Waals surface area contributed by atoms with E-state index in [2.05, 4.69) is 0 Å². The molecule has 1 saturated carbocycles. The van der Waals surface area contributed by atoms with Gasteiger partial charge in [-0.2, -0.15) is 0 Å². The van der Waals surface area contributed by atoms with Gasteiger partial charge in [-0.1, -0.05) is 26.8 Å². The molecule has 2 aliphatic carbocycles. The molecule has 0 unspecified atom stereocenters. The van der Waals surface area contributed by atoms with Gasteiger partial charge in [0.25, 0.3) is 0 Å². The van der Waals surface area contributed by atoms with Crippen LogP contribution in [0.15, 0.2) is 11.6 Å². The fraction of sp³-hybridized carbons (Fsp3) is 0.792. The van der Waals surface area contributed by atoms with Crippen LogP contribution in [0.2, 0.25) is 0 Å². The highest BCUT2D eigenvalue weighted by Crippen LogP contribution is 2.72. The van der Waals surface area contributed by atoms with E-state index < -0.39 is 75.3 Å². The van der Waals surface area contributed by atoms with Gasteiger partial charge < -0.3 is 28.2 Å². The highest BCUT2D eigenvalue weighted by Gasteiger charge is 2.87. The van der Waals surface area contributed by atoms with Crippen LogP contribution in [0.25, 0.3) is 0 Å². The second-order valence-electron chi connectivity index (χ2n) is 11.0. The molecule has 2 bridgehead atoms. The van der Waals surface area contributed by atoms with E-state index in [1.165, 1.54) is 6.92 Å². The number of ether oxygens (including phenoxy) is 5. The molecule has 1 spiro atoms. The predicted octanol–water partition coefficient (Wildman–Crippen LogP) is 1.18. The highest BCUT2D eigenvalue weighted by atomic mass is 32.3. The molecule has 2 heterocycles. The lowest BCUT2D eigenvalue weighted by molar-refractivity contribution is -0.241. The molecular formula is C24H33O12S-. The molecule has 0 radical (unpaired) electrons. The van der Waals surface area contributed by atoms with Gasteiger partial charge in [0.2, 0.25) is 10.4 Å². The minimum absolute atomic E-state index is 0.0673. The number of carbonyl (C=O) groups excluding carboxylic acids is 3. The van der Waals surface area contributed by atoms with E-state index in [1.54, 1.807) is 19.9 Å². The molecule has 3 fully saturated rings.